The molecule has 0 saturated carbocycles. The molecule has 0 saturated heterocycles. The van der Waals surface area contributed by atoms with Gasteiger partial charge in [0.1, 0.15) is 0 Å². The van der Waals surface area contributed by atoms with E-state index in [9.17, 15) is 9.59 Å². The predicted molar refractivity (Wildman–Crippen MR) is 171 cm³/mol. The fourth-order valence-electron chi connectivity index (χ4n) is 3.89. The number of methoxy groups -OCH3 is 1. The van der Waals surface area contributed by atoms with Crippen LogP contribution in [0, 0.1) is 0 Å². The molecule has 3 N–H and O–H groups in total. The van der Waals surface area contributed by atoms with Crippen LogP contribution in [0.25, 0.3) is 11.3 Å². The molecule has 11 heteroatoms. The van der Waals surface area contributed by atoms with Crippen molar-refractivity contribution in [1.82, 2.24) is 10.4 Å². The van der Waals surface area contributed by atoms with E-state index in [4.69, 9.17) is 21.1 Å². The molecule has 43 heavy (non-hydrogen) atoms. The number of nitrogens with zero attached hydrogens (tertiary/aromatic N) is 2. The van der Waals surface area contributed by atoms with Crippen LogP contribution >= 0.6 is 22.9 Å². The van der Waals surface area contributed by atoms with Crippen LogP contribution in [-0.2, 0) is 4.79 Å². The summed E-state index contributed by atoms with van der Waals surface area (Å²) in [5, 5.41) is 13.4. The third-order valence-electron chi connectivity index (χ3n) is 6.03. The minimum absolute atomic E-state index is 0.213. The lowest BCUT2D eigenvalue weighted by atomic mass is 10.1. The predicted octanol–water partition coefficient (Wildman–Crippen LogP) is 7.00. The molecule has 4 aromatic carbocycles. The van der Waals surface area contributed by atoms with Gasteiger partial charge in [-0.1, -0.05) is 41.9 Å². The van der Waals surface area contributed by atoms with E-state index in [0.717, 1.165) is 22.1 Å². The molecular formula is C32H26ClN5O4S. The largest absolute Gasteiger partial charge is 0.493 e. The summed E-state index contributed by atoms with van der Waals surface area (Å²) in [4.78, 5) is 29.5. The summed E-state index contributed by atoms with van der Waals surface area (Å²) in [6.07, 6.45) is 1.49. The second kappa shape index (κ2) is 14.1. The first-order chi connectivity index (χ1) is 21.0. The van der Waals surface area contributed by atoms with Crippen molar-refractivity contribution in [2.45, 2.75) is 0 Å². The summed E-state index contributed by atoms with van der Waals surface area (Å²) in [5.41, 5.74) is 6.94. The minimum Gasteiger partial charge on any atom is -0.493 e. The van der Waals surface area contributed by atoms with Gasteiger partial charge in [0.15, 0.2) is 23.2 Å². The highest BCUT2D eigenvalue weighted by Gasteiger charge is 2.10. The number of carbonyl (C=O) groups is 2. The van der Waals surface area contributed by atoms with Crippen LogP contribution in [0.1, 0.15) is 15.9 Å². The fourth-order valence-corrected chi connectivity index (χ4v) is 4.75. The number of ether oxygens (including phenoxy) is 2. The first-order valence-corrected chi connectivity index (χ1v) is 14.3. The smallest absolute Gasteiger partial charge is 0.271 e. The van der Waals surface area contributed by atoms with Crippen molar-refractivity contribution in [3.05, 3.63) is 119 Å². The van der Waals surface area contributed by atoms with Gasteiger partial charge in [-0.15, -0.1) is 11.3 Å². The van der Waals surface area contributed by atoms with Crippen LogP contribution in [-0.4, -0.2) is 36.7 Å². The number of benzene rings is 4. The molecule has 0 unspecified atom stereocenters. The summed E-state index contributed by atoms with van der Waals surface area (Å²) >= 11 is 7.38. The maximum atomic E-state index is 12.6. The summed E-state index contributed by atoms with van der Waals surface area (Å²) in [7, 11) is 1.49. The molecule has 5 rings (SSSR count). The number of rotatable bonds is 11. The number of thiazole rings is 1. The average molecular weight is 612 g/mol. The fraction of sp³-hybridized carbons (Fsp3) is 0.0625. The number of para-hydroxylation sites is 1. The van der Waals surface area contributed by atoms with E-state index in [0.29, 0.717) is 33.3 Å². The van der Waals surface area contributed by atoms with E-state index in [1.807, 2.05) is 47.8 Å². The Morgan fingerprint density at radius 2 is 1.70 bits per heavy atom. The third kappa shape index (κ3) is 8.19. The zero-order valence-corrected chi connectivity index (χ0v) is 24.5. The van der Waals surface area contributed by atoms with Crippen molar-refractivity contribution in [2.75, 3.05) is 24.4 Å². The van der Waals surface area contributed by atoms with E-state index in [1.165, 1.54) is 24.7 Å². The SMILES string of the molecule is COc1cc(C=NNC(=O)c2ccc(-c3csc(Nc4ccccc4)n3)cc2)ccc1OCC(=O)Nc1ccc(Cl)cc1. The van der Waals surface area contributed by atoms with Gasteiger partial charge in [-0.05, 0) is 72.3 Å². The van der Waals surface area contributed by atoms with E-state index < -0.39 is 0 Å². The first kappa shape index (κ1) is 29.3. The van der Waals surface area contributed by atoms with Gasteiger partial charge in [0, 0.05) is 32.9 Å². The van der Waals surface area contributed by atoms with Crippen LogP contribution in [0.5, 0.6) is 11.5 Å². The monoisotopic (exact) mass is 611 g/mol. The van der Waals surface area contributed by atoms with Gasteiger partial charge in [-0.2, -0.15) is 5.10 Å². The number of hydrogen-bond acceptors (Lipinski definition) is 8. The second-order valence-corrected chi connectivity index (χ2v) is 10.4. The molecule has 0 bridgehead atoms. The first-order valence-electron chi connectivity index (χ1n) is 13.0. The Morgan fingerprint density at radius 3 is 2.44 bits per heavy atom. The molecule has 0 spiro atoms. The van der Waals surface area contributed by atoms with E-state index in [-0.39, 0.29) is 18.4 Å². The van der Waals surface area contributed by atoms with Gasteiger partial charge in [-0.3, -0.25) is 9.59 Å². The Morgan fingerprint density at radius 1 is 0.930 bits per heavy atom. The van der Waals surface area contributed by atoms with Crippen molar-refractivity contribution in [1.29, 1.82) is 0 Å². The molecule has 0 aliphatic rings. The Bertz CT molecular complexity index is 1730. The Labute approximate surface area is 257 Å². The lowest BCUT2D eigenvalue weighted by Crippen LogP contribution is -2.20. The number of halogens is 1. The van der Waals surface area contributed by atoms with E-state index >= 15 is 0 Å². The number of hydrogen-bond donors (Lipinski definition) is 3. The third-order valence-corrected chi connectivity index (χ3v) is 7.04. The quantitative estimate of drug-likeness (QED) is 0.109. The molecule has 9 nitrogen and oxygen atoms in total. The van der Waals surface area contributed by atoms with Crippen LogP contribution in [0.4, 0.5) is 16.5 Å². The van der Waals surface area contributed by atoms with Gasteiger partial charge in [0.2, 0.25) is 0 Å². The number of hydrazone groups is 1. The summed E-state index contributed by atoms with van der Waals surface area (Å²) in [6, 6.07) is 28.8. The zero-order valence-electron chi connectivity index (χ0n) is 22.9. The number of anilines is 3. The average Bonchev–Trinajstić information content (AvgIpc) is 3.50. The number of aromatic nitrogens is 1. The molecule has 216 valence electrons. The Kier molecular flexibility index (Phi) is 9.63. The molecule has 0 aliphatic carbocycles. The van der Waals surface area contributed by atoms with Gasteiger partial charge in [-0.25, -0.2) is 10.4 Å². The van der Waals surface area contributed by atoms with Crippen LogP contribution < -0.4 is 25.5 Å². The molecule has 0 radical (unpaired) electrons. The van der Waals surface area contributed by atoms with Crippen LogP contribution in [0.2, 0.25) is 5.02 Å². The second-order valence-electron chi connectivity index (χ2n) is 9.06. The topological polar surface area (TPSA) is 114 Å². The lowest BCUT2D eigenvalue weighted by Gasteiger charge is -2.11. The van der Waals surface area contributed by atoms with Crippen LogP contribution in [0.15, 0.2) is 108 Å². The molecular weight excluding hydrogens is 586 g/mol. The molecule has 1 aromatic heterocycles. The molecule has 0 aliphatic heterocycles. The molecule has 0 fully saturated rings. The molecule has 5 aromatic rings. The van der Waals surface area contributed by atoms with Gasteiger partial charge < -0.3 is 20.1 Å². The summed E-state index contributed by atoms with van der Waals surface area (Å²) in [5.74, 6) is 0.112. The molecule has 2 amide bonds. The van der Waals surface area contributed by atoms with Gasteiger partial charge in [0.05, 0.1) is 19.0 Å². The highest BCUT2D eigenvalue weighted by molar-refractivity contribution is 7.14. The normalized spacial score (nSPS) is 10.7. The Balaban J connectivity index is 1.13. The van der Waals surface area contributed by atoms with Crippen molar-refractivity contribution in [3.63, 3.8) is 0 Å². The standard InChI is InChI=1S/C32H26ClN5O4S/c1-41-29-17-21(7-16-28(29)42-19-30(39)35-26-14-12-24(33)13-15-26)18-34-38-31(40)23-10-8-22(9-11-23)27-20-43-32(37-27)36-25-5-3-2-4-6-25/h2-18,20H,19H2,1H3,(H,35,39)(H,36,37)(H,38,40). The van der Waals surface area contributed by atoms with Gasteiger partial charge in [0.25, 0.3) is 11.8 Å². The maximum absolute atomic E-state index is 12.6. The summed E-state index contributed by atoms with van der Waals surface area (Å²) < 4.78 is 11.0. The zero-order chi connectivity index (χ0) is 30.0. The van der Waals surface area contributed by atoms with Crippen molar-refractivity contribution < 1.29 is 19.1 Å². The van der Waals surface area contributed by atoms with Crippen molar-refractivity contribution in [3.8, 4) is 22.8 Å². The molecule has 1 heterocycles. The van der Waals surface area contributed by atoms with E-state index in [1.54, 1.807) is 54.6 Å². The highest BCUT2D eigenvalue weighted by Crippen LogP contribution is 2.28. The van der Waals surface area contributed by atoms with Crippen molar-refractivity contribution >= 4 is 57.5 Å². The Hall–Kier alpha value is -5.19. The van der Waals surface area contributed by atoms with E-state index in [2.05, 4.69) is 26.1 Å². The number of carbonyl (C=O) groups excluding carboxylic acids is 2. The molecule has 0 atom stereocenters. The number of nitrogens with one attached hydrogen (secondary N) is 3. The summed E-state index contributed by atoms with van der Waals surface area (Å²) in [6.45, 7) is -0.213. The van der Waals surface area contributed by atoms with Gasteiger partial charge >= 0.3 is 0 Å². The van der Waals surface area contributed by atoms with Crippen LogP contribution in [0.3, 0.4) is 0 Å². The minimum atomic E-state index is -0.355. The lowest BCUT2D eigenvalue weighted by molar-refractivity contribution is -0.118. The highest BCUT2D eigenvalue weighted by atomic mass is 35.5. The number of amides is 2. The van der Waals surface area contributed by atoms with Crippen molar-refractivity contribution in [2.24, 2.45) is 5.10 Å². The maximum Gasteiger partial charge on any atom is 0.271 e.